The van der Waals surface area contributed by atoms with Crippen LogP contribution >= 0.6 is 0 Å². The van der Waals surface area contributed by atoms with E-state index >= 15 is 0 Å². The van der Waals surface area contributed by atoms with Gasteiger partial charge in [0.15, 0.2) is 0 Å². The molecule has 0 aromatic rings. The lowest BCUT2D eigenvalue weighted by Crippen LogP contribution is -2.44. The number of rotatable bonds is 4. The van der Waals surface area contributed by atoms with Crippen LogP contribution in [0.5, 0.6) is 0 Å². The standard InChI is InChI=1S/C11H18N2O2/c1-8-3-5-11(2,6-4-8)7-9(13-12)10(14)15/h3-5,9,13H,6-7,12H2,1-2H3,(H,14,15)/t9-,11?/m0/s1. The van der Waals surface area contributed by atoms with Gasteiger partial charge in [-0.15, -0.1) is 0 Å². The Balaban J connectivity index is 2.65. The van der Waals surface area contributed by atoms with E-state index in [0.717, 1.165) is 6.42 Å². The van der Waals surface area contributed by atoms with Crippen molar-refractivity contribution in [2.75, 3.05) is 0 Å². The first-order chi connectivity index (χ1) is 6.97. The molecule has 1 rings (SSSR count). The van der Waals surface area contributed by atoms with Crippen molar-refractivity contribution in [1.29, 1.82) is 0 Å². The summed E-state index contributed by atoms with van der Waals surface area (Å²) >= 11 is 0. The van der Waals surface area contributed by atoms with E-state index < -0.39 is 12.0 Å². The van der Waals surface area contributed by atoms with E-state index in [0.29, 0.717) is 6.42 Å². The zero-order chi connectivity index (χ0) is 11.5. The number of carboxylic acid groups (broad SMARTS) is 1. The Labute approximate surface area is 89.8 Å². The maximum atomic E-state index is 10.8. The molecule has 0 radical (unpaired) electrons. The highest BCUT2D eigenvalue weighted by molar-refractivity contribution is 5.73. The van der Waals surface area contributed by atoms with Gasteiger partial charge in [0.25, 0.3) is 0 Å². The quantitative estimate of drug-likeness (QED) is 0.481. The van der Waals surface area contributed by atoms with Crippen molar-refractivity contribution in [1.82, 2.24) is 5.43 Å². The zero-order valence-electron chi connectivity index (χ0n) is 9.16. The molecule has 1 aliphatic carbocycles. The molecule has 4 N–H and O–H groups in total. The summed E-state index contributed by atoms with van der Waals surface area (Å²) in [6.07, 6.45) is 7.57. The summed E-state index contributed by atoms with van der Waals surface area (Å²) in [5, 5.41) is 8.89. The minimum atomic E-state index is -0.904. The lowest BCUT2D eigenvalue weighted by Gasteiger charge is -2.30. The van der Waals surface area contributed by atoms with Crippen LogP contribution in [-0.2, 0) is 4.79 Å². The summed E-state index contributed by atoms with van der Waals surface area (Å²) in [6, 6.07) is -0.688. The van der Waals surface area contributed by atoms with E-state index in [2.05, 4.69) is 17.6 Å². The van der Waals surface area contributed by atoms with E-state index in [1.54, 1.807) is 0 Å². The molecule has 15 heavy (non-hydrogen) atoms. The van der Waals surface area contributed by atoms with Crippen LogP contribution in [0.15, 0.2) is 23.8 Å². The molecule has 4 nitrogen and oxygen atoms in total. The zero-order valence-corrected chi connectivity index (χ0v) is 9.16. The maximum Gasteiger partial charge on any atom is 0.322 e. The molecule has 0 heterocycles. The Morgan fingerprint density at radius 3 is 2.87 bits per heavy atom. The lowest BCUT2D eigenvalue weighted by molar-refractivity contribution is -0.140. The van der Waals surface area contributed by atoms with E-state index in [1.807, 2.05) is 19.9 Å². The number of nitrogens with two attached hydrogens (primary N) is 1. The molecule has 0 bridgehead atoms. The third kappa shape index (κ3) is 3.18. The minimum absolute atomic E-state index is 0.116. The van der Waals surface area contributed by atoms with E-state index in [1.165, 1.54) is 5.57 Å². The van der Waals surface area contributed by atoms with Gasteiger partial charge in [-0.1, -0.05) is 30.7 Å². The van der Waals surface area contributed by atoms with Gasteiger partial charge in [0.2, 0.25) is 0 Å². The van der Waals surface area contributed by atoms with Gasteiger partial charge in [0.05, 0.1) is 0 Å². The molecule has 0 saturated heterocycles. The van der Waals surface area contributed by atoms with Gasteiger partial charge in [-0.25, -0.2) is 5.43 Å². The summed E-state index contributed by atoms with van der Waals surface area (Å²) in [7, 11) is 0. The molecule has 0 spiro atoms. The topological polar surface area (TPSA) is 75.3 Å². The second kappa shape index (κ2) is 4.59. The molecule has 0 amide bonds. The van der Waals surface area contributed by atoms with Crippen LogP contribution in [0.2, 0.25) is 0 Å². The van der Waals surface area contributed by atoms with Crippen LogP contribution in [0.25, 0.3) is 0 Å². The van der Waals surface area contributed by atoms with E-state index in [9.17, 15) is 4.79 Å². The average molecular weight is 210 g/mol. The third-order valence-corrected chi connectivity index (χ3v) is 2.81. The Kier molecular flexibility index (Phi) is 3.66. The molecule has 84 valence electrons. The number of nitrogens with one attached hydrogen (secondary N) is 1. The molecule has 0 saturated carbocycles. The Morgan fingerprint density at radius 1 is 1.80 bits per heavy atom. The highest BCUT2D eigenvalue weighted by Crippen LogP contribution is 2.33. The summed E-state index contributed by atoms with van der Waals surface area (Å²) in [5.41, 5.74) is 3.44. The van der Waals surface area contributed by atoms with Gasteiger partial charge in [0, 0.05) is 0 Å². The van der Waals surface area contributed by atoms with Crippen molar-refractivity contribution in [3.63, 3.8) is 0 Å². The number of carboxylic acids is 1. The first-order valence-electron chi connectivity index (χ1n) is 5.02. The normalized spacial score (nSPS) is 27.3. The van der Waals surface area contributed by atoms with Gasteiger partial charge < -0.3 is 5.11 Å². The van der Waals surface area contributed by atoms with Gasteiger partial charge in [-0.2, -0.15) is 0 Å². The van der Waals surface area contributed by atoms with Crippen molar-refractivity contribution >= 4 is 5.97 Å². The Hall–Kier alpha value is -1.13. The van der Waals surface area contributed by atoms with Crippen molar-refractivity contribution in [2.24, 2.45) is 11.3 Å². The summed E-state index contributed by atoms with van der Waals surface area (Å²) < 4.78 is 0. The second-order valence-electron chi connectivity index (χ2n) is 4.40. The van der Waals surface area contributed by atoms with Crippen LogP contribution in [0.3, 0.4) is 0 Å². The molecule has 0 aliphatic heterocycles. The van der Waals surface area contributed by atoms with Crippen LogP contribution in [0.4, 0.5) is 0 Å². The van der Waals surface area contributed by atoms with E-state index in [4.69, 9.17) is 10.9 Å². The van der Waals surface area contributed by atoms with Gasteiger partial charge in [-0.05, 0) is 25.2 Å². The van der Waals surface area contributed by atoms with Gasteiger partial charge >= 0.3 is 5.97 Å². The fourth-order valence-electron chi connectivity index (χ4n) is 1.70. The molecular weight excluding hydrogens is 192 g/mol. The fourth-order valence-corrected chi connectivity index (χ4v) is 1.70. The number of hydrogen-bond acceptors (Lipinski definition) is 3. The van der Waals surface area contributed by atoms with Crippen LogP contribution in [-0.4, -0.2) is 17.1 Å². The Bertz CT molecular complexity index is 310. The average Bonchev–Trinajstić information content (AvgIpc) is 2.19. The van der Waals surface area contributed by atoms with Crippen molar-refractivity contribution < 1.29 is 9.90 Å². The second-order valence-corrected chi connectivity index (χ2v) is 4.40. The molecule has 0 aromatic carbocycles. The molecular formula is C11H18N2O2. The number of hydrogen-bond donors (Lipinski definition) is 3. The van der Waals surface area contributed by atoms with Crippen molar-refractivity contribution in [3.8, 4) is 0 Å². The predicted octanol–water partition coefficient (Wildman–Crippen LogP) is 1.21. The smallest absolute Gasteiger partial charge is 0.322 e. The molecule has 2 atom stereocenters. The van der Waals surface area contributed by atoms with Crippen LogP contribution in [0, 0.1) is 5.41 Å². The highest BCUT2D eigenvalue weighted by Gasteiger charge is 2.29. The number of aliphatic carboxylic acids is 1. The molecule has 1 aliphatic rings. The summed E-state index contributed by atoms with van der Waals surface area (Å²) in [5.74, 6) is 4.30. The number of allylic oxidation sites excluding steroid dienone is 4. The largest absolute Gasteiger partial charge is 0.480 e. The number of carbonyl (C=O) groups is 1. The summed E-state index contributed by atoms with van der Waals surface area (Å²) in [4.78, 5) is 10.8. The first-order valence-corrected chi connectivity index (χ1v) is 5.02. The monoisotopic (exact) mass is 210 g/mol. The molecule has 0 aromatic heterocycles. The SMILES string of the molecule is CC1=CCC(C)(C[C@H](NN)C(=O)O)C=C1. The van der Waals surface area contributed by atoms with Crippen LogP contribution in [0.1, 0.15) is 26.7 Å². The maximum absolute atomic E-state index is 10.8. The molecule has 4 heteroatoms. The predicted molar refractivity (Wildman–Crippen MR) is 59.0 cm³/mol. The van der Waals surface area contributed by atoms with Gasteiger partial charge in [-0.3, -0.25) is 10.6 Å². The molecule has 1 unspecified atom stereocenters. The first kappa shape index (κ1) is 11.9. The Morgan fingerprint density at radius 2 is 2.47 bits per heavy atom. The molecule has 0 fully saturated rings. The lowest BCUT2D eigenvalue weighted by atomic mass is 9.77. The van der Waals surface area contributed by atoms with Crippen molar-refractivity contribution in [3.05, 3.63) is 23.8 Å². The number of hydrazine groups is 1. The minimum Gasteiger partial charge on any atom is -0.480 e. The van der Waals surface area contributed by atoms with E-state index in [-0.39, 0.29) is 5.41 Å². The summed E-state index contributed by atoms with van der Waals surface area (Å²) in [6.45, 7) is 4.08. The van der Waals surface area contributed by atoms with Crippen molar-refractivity contribution in [2.45, 2.75) is 32.7 Å². The third-order valence-electron chi connectivity index (χ3n) is 2.81. The van der Waals surface area contributed by atoms with Gasteiger partial charge in [0.1, 0.15) is 6.04 Å². The highest BCUT2D eigenvalue weighted by atomic mass is 16.4. The van der Waals surface area contributed by atoms with Crippen LogP contribution < -0.4 is 11.3 Å². The fraction of sp³-hybridized carbons (Fsp3) is 0.545.